The standard InChI is InChI=1S/C37H32N4O3/c1-24-18-27(20-29-22-40(31-10-6-4-7-11-31)38-35(29)33-16-14-25(2)43-33)37(42)28(19-24)21-30-23-41(32-12-8-5-9-13-32)39-36(30)34-17-15-26(3)44-34/h4-17,20-24H,18-19H2,1-3H3/b27-20-,28-21+. The molecule has 1 saturated carbocycles. The number of allylic oxidation sites excluding steroid dienone is 2. The Balaban J connectivity index is 1.30. The van der Waals surface area contributed by atoms with Gasteiger partial charge in [0.05, 0.1) is 11.4 Å². The molecule has 0 aliphatic heterocycles. The molecule has 7 nitrogen and oxygen atoms in total. The highest BCUT2D eigenvalue weighted by atomic mass is 16.3. The molecule has 1 aliphatic rings. The predicted octanol–water partition coefficient (Wildman–Crippen LogP) is 8.66. The molecule has 1 unspecified atom stereocenters. The highest BCUT2D eigenvalue weighted by Crippen LogP contribution is 2.36. The van der Waals surface area contributed by atoms with Crippen LogP contribution >= 0.6 is 0 Å². The van der Waals surface area contributed by atoms with E-state index in [4.69, 9.17) is 19.0 Å². The minimum absolute atomic E-state index is 0.0335. The zero-order chi connectivity index (χ0) is 30.2. The quantitative estimate of drug-likeness (QED) is 0.184. The van der Waals surface area contributed by atoms with E-state index >= 15 is 0 Å². The molecule has 1 atom stereocenters. The van der Waals surface area contributed by atoms with E-state index in [1.807, 2.05) is 133 Å². The lowest BCUT2D eigenvalue weighted by Crippen LogP contribution is -2.18. The van der Waals surface area contributed by atoms with E-state index in [0.29, 0.717) is 35.7 Å². The Morgan fingerprint density at radius 3 is 1.48 bits per heavy atom. The third-order valence-electron chi connectivity index (χ3n) is 7.85. The molecule has 0 N–H and O–H groups in total. The van der Waals surface area contributed by atoms with Crippen molar-refractivity contribution in [1.29, 1.82) is 0 Å². The monoisotopic (exact) mass is 580 g/mol. The molecule has 218 valence electrons. The first-order valence-corrected chi connectivity index (χ1v) is 14.8. The highest BCUT2D eigenvalue weighted by molar-refractivity contribution is 6.14. The normalized spacial score (nSPS) is 17.2. The minimum atomic E-state index is 0.0335. The molecule has 1 aliphatic carbocycles. The van der Waals surface area contributed by atoms with Crippen LogP contribution in [0.4, 0.5) is 0 Å². The summed E-state index contributed by atoms with van der Waals surface area (Å²) in [5.41, 5.74) is 6.43. The fourth-order valence-electron chi connectivity index (χ4n) is 5.76. The van der Waals surface area contributed by atoms with E-state index in [-0.39, 0.29) is 11.7 Å². The maximum atomic E-state index is 14.1. The van der Waals surface area contributed by atoms with Gasteiger partial charge in [-0.05, 0) is 93.3 Å². The van der Waals surface area contributed by atoms with Crippen LogP contribution < -0.4 is 0 Å². The summed E-state index contributed by atoms with van der Waals surface area (Å²) in [4.78, 5) is 14.1. The Bertz CT molecular complexity index is 1870. The van der Waals surface area contributed by atoms with Crippen molar-refractivity contribution in [3.63, 3.8) is 0 Å². The van der Waals surface area contributed by atoms with Gasteiger partial charge >= 0.3 is 0 Å². The molecule has 44 heavy (non-hydrogen) atoms. The molecule has 4 aromatic heterocycles. The molecule has 7 heteroatoms. The van der Waals surface area contributed by atoms with Gasteiger partial charge in [-0.3, -0.25) is 4.79 Å². The summed E-state index contributed by atoms with van der Waals surface area (Å²) in [6.45, 7) is 6.01. The molecular weight excluding hydrogens is 548 g/mol. The van der Waals surface area contributed by atoms with E-state index in [1.54, 1.807) is 0 Å². The van der Waals surface area contributed by atoms with Gasteiger partial charge in [0.15, 0.2) is 17.3 Å². The van der Waals surface area contributed by atoms with Crippen molar-refractivity contribution in [3.8, 4) is 34.3 Å². The molecule has 6 aromatic rings. The van der Waals surface area contributed by atoms with Crippen LogP contribution in [0.15, 0.2) is 117 Å². The molecular formula is C37H32N4O3. The number of aryl methyl sites for hydroxylation is 2. The lowest BCUT2D eigenvalue weighted by atomic mass is 9.80. The van der Waals surface area contributed by atoms with Crippen LogP contribution in [0, 0.1) is 19.8 Å². The average Bonchev–Trinajstić information content (AvgIpc) is 3.83. The number of Topliss-reactive ketones (excluding diaryl/α,β-unsaturated/α-hetero) is 1. The van der Waals surface area contributed by atoms with Gasteiger partial charge in [-0.1, -0.05) is 43.3 Å². The highest BCUT2D eigenvalue weighted by Gasteiger charge is 2.27. The van der Waals surface area contributed by atoms with Gasteiger partial charge in [0.2, 0.25) is 0 Å². The molecule has 1 fully saturated rings. The Kier molecular flexibility index (Phi) is 7.06. The third kappa shape index (κ3) is 5.40. The van der Waals surface area contributed by atoms with Crippen molar-refractivity contribution in [2.75, 3.05) is 0 Å². The van der Waals surface area contributed by atoms with Crippen LogP contribution in [0.2, 0.25) is 0 Å². The Hall–Kier alpha value is -5.43. The van der Waals surface area contributed by atoms with E-state index in [0.717, 1.165) is 45.2 Å². The van der Waals surface area contributed by atoms with Crippen LogP contribution in [0.5, 0.6) is 0 Å². The number of carbonyl (C=O) groups excluding carboxylic acids is 1. The molecule has 2 aromatic carbocycles. The van der Waals surface area contributed by atoms with Crippen molar-refractivity contribution in [3.05, 3.63) is 131 Å². The van der Waals surface area contributed by atoms with Crippen LogP contribution in [-0.2, 0) is 4.79 Å². The maximum Gasteiger partial charge on any atom is 0.185 e. The predicted molar refractivity (Wildman–Crippen MR) is 171 cm³/mol. The Morgan fingerprint density at radius 2 is 1.09 bits per heavy atom. The molecule has 0 amide bonds. The summed E-state index contributed by atoms with van der Waals surface area (Å²) in [6.07, 6.45) is 9.25. The number of nitrogens with zero attached hydrogens (tertiary/aromatic N) is 4. The minimum Gasteiger partial charge on any atom is -0.460 e. The SMILES string of the molecule is Cc1ccc(-c2nn(-c3ccccc3)cc2/C=C2/CC(C)C/C(=C\c3cn(-c4ccccc4)nc3-c3ccc(C)o3)C2=O)o1. The second-order valence-corrected chi connectivity index (χ2v) is 11.4. The topological polar surface area (TPSA) is 79.0 Å². The second-order valence-electron chi connectivity index (χ2n) is 11.4. The van der Waals surface area contributed by atoms with Gasteiger partial charge in [0.1, 0.15) is 22.9 Å². The fraction of sp³-hybridized carbons (Fsp3) is 0.162. The number of aromatic nitrogens is 4. The zero-order valence-electron chi connectivity index (χ0n) is 24.9. The zero-order valence-corrected chi connectivity index (χ0v) is 24.9. The van der Waals surface area contributed by atoms with Crippen LogP contribution in [0.1, 0.15) is 42.4 Å². The van der Waals surface area contributed by atoms with Crippen LogP contribution in [-0.4, -0.2) is 25.3 Å². The van der Waals surface area contributed by atoms with Crippen molar-refractivity contribution >= 4 is 17.9 Å². The first-order valence-electron chi connectivity index (χ1n) is 14.8. The average molecular weight is 581 g/mol. The number of ketones is 1. The summed E-state index contributed by atoms with van der Waals surface area (Å²) >= 11 is 0. The van der Waals surface area contributed by atoms with Gasteiger partial charge in [0, 0.05) is 34.7 Å². The Morgan fingerprint density at radius 1 is 0.659 bits per heavy atom. The number of hydrogen-bond donors (Lipinski definition) is 0. The number of para-hydroxylation sites is 2. The van der Waals surface area contributed by atoms with Gasteiger partial charge in [-0.25, -0.2) is 9.36 Å². The third-order valence-corrected chi connectivity index (χ3v) is 7.85. The number of benzene rings is 2. The summed E-state index contributed by atoms with van der Waals surface area (Å²) in [5.74, 6) is 3.26. The largest absolute Gasteiger partial charge is 0.460 e. The lowest BCUT2D eigenvalue weighted by Gasteiger charge is -2.22. The van der Waals surface area contributed by atoms with Crippen LogP contribution in [0.25, 0.3) is 46.4 Å². The van der Waals surface area contributed by atoms with Crippen molar-refractivity contribution < 1.29 is 13.6 Å². The molecule has 0 radical (unpaired) electrons. The summed E-state index contributed by atoms with van der Waals surface area (Å²) in [7, 11) is 0. The molecule has 0 saturated heterocycles. The van der Waals surface area contributed by atoms with Gasteiger partial charge < -0.3 is 8.83 Å². The first-order chi connectivity index (χ1) is 21.4. The summed E-state index contributed by atoms with van der Waals surface area (Å²) in [6, 6.07) is 27.6. The lowest BCUT2D eigenvalue weighted by molar-refractivity contribution is -0.113. The number of rotatable bonds is 6. The molecule has 0 bridgehead atoms. The van der Waals surface area contributed by atoms with Crippen molar-refractivity contribution in [1.82, 2.24) is 19.6 Å². The molecule has 4 heterocycles. The number of carbonyl (C=O) groups is 1. The van der Waals surface area contributed by atoms with Gasteiger partial charge in [0.25, 0.3) is 0 Å². The van der Waals surface area contributed by atoms with Crippen molar-refractivity contribution in [2.24, 2.45) is 5.92 Å². The molecule has 0 spiro atoms. The van der Waals surface area contributed by atoms with Gasteiger partial charge in [-0.15, -0.1) is 0 Å². The fourth-order valence-corrected chi connectivity index (χ4v) is 5.76. The van der Waals surface area contributed by atoms with Crippen molar-refractivity contribution in [2.45, 2.75) is 33.6 Å². The second kappa shape index (κ2) is 11.3. The van der Waals surface area contributed by atoms with E-state index in [9.17, 15) is 4.79 Å². The summed E-state index contributed by atoms with van der Waals surface area (Å²) in [5, 5.41) is 9.74. The Labute approximate surface area is 255 Å². The first kappa shape index (κ1) is 27.4. The number of hydrogen-bond acceptors (Lipinski definition) is 5. The summed E-state index contributed by atoms with van der Waals surface area (Å²) < 4.78 is 15.6. The number of furan rings is 2. The maximum absolute atomic E-state index is 14.1. The van der Waals surface area contributed by atoms with E-state index in [2.05, 4.69) is 6.92 Å². The van der Waals surface area contributed by atoms with Crippen LogP contribution in [0.3, 0.4) is 0 Å². The smallest absolute Gasteiger partial charge is 0.185 e. The van der Waals surface area contributed by atoms with E-state index < -0.39 is 0 Å². The molecule has 7 rings (SSSR count). The van der Waals surface area contributed by atoms with E-state index in [1.165, 1.54) is 0 Å². The van der Waals surface area contributed by atoms with Gasteiger partial charge in [-0.2, -0.15) is 10.2 Å².